The maximum atomic E-state index is 12.0. The molecule has 0 radical (unpaired) electrons. The van der Waals surface area contributed by atoms with E-state index in [9.17, 15) is 9.59 Å². The van der Waals surface area contributed by atoms with Gasteiger partial charge >= 0.3 is 5.97 Å². The van der Waals surface area contributed by atoms with Gasteiger partial charge in [0.15, 0.2) is 0 Å². The molecule has 0 aliphatic carbocycles. The lowest BCUT2D eigenvalue weighted by Gasteiger charge is -2.09. The zero-order valence-corrected chi connectivity index (χ0v) is 16.7. The summed E-state index contributed by atoms with van der Waals surface area (Å²) in [6.45, 7) is 4.61. The highest BCUT2D eigenvalue weighted by Crippen LogP contribution is 2.19. The number of H-pyrrole nitrogens is 2. The van der Waals surface area contributed by atoms with Crippen molar-refractivity contribution in [2.75, 3.05) is 6.61 Å². The van der Waals surface area contributed by atoms with Gasteiger partial charge in [-0.1, -0.05) is 56.3 Å². The zero-order valence-electron chi connectivity index (χ0n) is 16.7. The molecule has 0 spiro atoms. The van der Waals surface area contributed by atoms with Gasteiger partial charge < -0.3 is 14.6 Å². The predicted molar refractivity (Wildman–Crippen MR) is 111 cm³/mol. The number of rotatable bonds is 9. The summed E-state index contributed by atoms with van der Waals surface area (Å²) < 4.78 is 10.9. The van der Waals surface area contributed by atoms with E-state index in [0.29, 0.717) is 12.2 Å². The second-order valence-corrected chi connectivity index (χ2v) is 7.19. The number of carbonyl (C=O) groups is 1. The Morgan fingerprint density at radius 2 is 1.69 bits per heavy atom. The molecular weight excluding hydrogens is 368 g/mol. The molecule has 0 aliphatic rings. The highest BCUT2D eigenvalue weighted by molar-refractivity contribution is 5.69. The summed E-state index contributed by atoms with van der Waals surface area (Å²) in [5.41, 5.74) is 3.59. The summed E-state index contributed by atoms with van der Waals surface area (Å²) >= 11 is 0. The van der Waals surface area contributed by atoms with Gasteiger partial charge in [0.25, 0.3) is 5.56 Å². The lowest BCUT2D eigenvalue weighted by atomic mass is 10.00. The first-order chi connectivity index (χ1) is 14.0. The normalized spacial score (nSPS) is 10.9. The highest BCUT2D eigenvalue weighted by Gasteiger charge is 2.13. The summed E-state index contributed by atoms with van der Waals surface area (Å²) in [5, 5.41) is 5.62. The Balaban J connectivity index is 1.45. The molecule has 0 fully saturated rings. The van der Waals surface area contributed by atoms with Crippen LogP contribution in [0.4, 0.5) is 0 Å². The number of carbonyl (C=O) groups excluding carboxylic acids is 1. The molecule has 0 saturated carbocycles. The Morgan fingerprint density at radius 3 is 2.38 bits per heavy atom. The fourth-order valence-corrected chi connectivity index (χ4v) is 3.04. The summed E-state index contributed by atoms with van der Waals surface area (Å²) in [5.74, 6) is 0.628. The van der Waals surface area contributed by atoms with Crippen LogP contribution in [0.15, 0.2) is 59.4 Å². The molecular formula is C23H26N2O4. The van der Waals surface area contributed by atoms with E-state index >= 15 is 0 Å². The highest BCUT2D eigenvalue weighted by atomic mass is 16.5. The van der Waals surface area contributed by atoms with Gasteiger partial charge in [-0.25, -0.2) is 0 Å². The number of esters is 1. The van der Waals surface area contributed by atoms with Crippen molar-refractivity contribution in [1.82, 2.24) is 10.2 Å². The van der Waals surface area contributed by atoms with Crippen LogP contribution in [0.3, 0.4) is 0 Å². The molecule has 0 atom stereocenters. The first kappa shape index (κ1) is 20.5. The molecule has 6 nitrogen and oxygen atoms in total. The minimum Gasteiger partial charge on any atom is -0.493 e. The standard InChI is InChI=1S/C23H26N2O4/c1-16(2)22-20(23(27)25-24-22)14-17-8-10-19(11-9-17)28-13-12-21(26)29-15-18-6-4-3-5-7-18/h3-11,16H,12-15H2,1-2H3,(H2,24,25,27). The van der Waals surface area contributed by atoms with Crippen molar-refractivity contribution in [3.05, 3.63) is 87.3 Å². The lowest BCUT2D eigenvalue weighted by Crippen LogP contribution is -2.10. The van der Waals surface area contributed by atoms with E-state index in [1.54, 1.807) is 0 Å². The van der Waals surface area contributed by atoms with Crippen LogP contribution in [-0.2, 0) is 22.6 Å². The Morgan fingerprint density at radius 1 is 0.966 bits per heavy atom. The number of aromatic nitrogens is 2. The van der Waals surface area contributed by atoms with Crippen molar-refractivity contribution in [1.29, 1.82) is 0 Å². The molecule has 1 heterocycles. The molecule has 0 amide bonds. The van der Waals surface area contributed by atoms with Gasteiger partial charge in [0.1, 0.15) is 12.4 Å². The van der Waals surface area contributed by atoms with Gasteiger partial charge in [-0.2, -0.15) is 0 Å². The monoisotopic (exact) mass is 394 g/mol. The SMILES string of the molecule is CC(C)c1[nH][nH]c(=O)c1Cc1ccc(OCCC(=O)OCc2ccccc2)cc1. The Bertz CT molecular complexity index is 972. The number of hydrogen-bond acceptors (Lipinski definition) is 4. The van der Waals surface area contributed by atoms with E-state index in [4.69, 9.17) is 9.47 Å². The van der Waals surface area contributed by atoms with Gasteiger partial charge in [0.05, 0.1) is 13.0 Å². The molecule has 0 unspecified atom stereocenters. The molecule has 2 aromatic carbocycles. The molecule has 0 aliphatic heterocycles. The van der Waals surface area contributed by atoms with E-state index in [0.717, 1.165) is 22.4 Å². The maximum absolute atomic E-state index is 12.0. The number of nitrogens with one attached hydrogen (secondary N) is 2. The number of benzene rings is 2. The zero-order chi connectivity index (χ0) is 20.6. The second kappa shape index (κ2) is 9.78. The van der Waals surface area contributed by atoms with Crippen LogP contribution in [0.5, 0.6) is 5.75 Å². The second-order valence-electron chi connectivity index (χ2n) is 7.19. The van der Waals surface area contributed by atoms with Crippen LogP contribution in [-0.4, -0.2) is 22.8 Å². The predicted octanol–water partition coefficient (Wildman–Crippen LogP) is 3.93. The van der Waals surface area contributed by atoms with Crippen LogP contribution in [0.2, 0.25) is 0 Å². The van der Waals surface area contributed by atoms with Crippen LogP contribution in [0, 0.1) is 0 Å². The van der Waals surface area contributed by atoms with Crippen molar-refractivity contribution in [3.8, 4) is 5.75 Å². The van der Waals surface area contributed by atoms with Crippen LogP contribution in [0.1, 0.15) is 48.6 Å². The summed E-state index contributed by atoms with van der Waals surface area (Å²) in [6.07, 6.45) is 0.740. The van der Waals surface area contributed by atoms with Crippen LogP contribution >= 0.6 is 0 Å². The van der Waals surface area contributed by atoms with Gasteiger partial charge in [0, 0.05) is 17.7 Å². The molecule has 3 rings (SSSR count). The third kappa shape index (κ3) is 5.85. The van der Waals surface area contributed by atoms with Gasteiger partial charge in [-0.3, -0.25) is 14.7 Å². The minimum atomic E-state index is -0.293. The van der Waals surface area contributed by atoms with Crippen molar-refractivity contribution < 1.29 is 14.3 Å². The van der Waals surface area contributed by atoms with E-state index in [2.05, 4.69) is 10.2 Å². The van der Waals surface area contributed by atoms with Gasteiger partial charge in [-0.15, -0.1) is 0 Å². The molecule has 2 N–H and O–H groups in total. The molecule has 29 heavy (non-hydrogen) atoms. The van der Waals surface area contributed by atoms with E-state index < -0.39 is 0 Å². The van der Waals surface area contributed by atoms with Crippen molar-refractivity contribution in [3.63, 3.8) is 0 Å². The summed E-state index contributed by atoms with van der Waals surface area (Å²) in [6, 6.07) is 17.1. The average molecular weight is 394 g/mol. The third-order valence-electron chi connectivity index (χ3n) is 4.61. The van der Waals surface area contributed by atoms with Gasteiger partial charge in [0.2, 0.25) is 0 Å². The summed E-state index contributed by atoms with van der Waals surface area (Å²) in [7, 11) is 0. The Kier molecular flexibility index (Phi) is 6.89. The van der Waals surface area contributed by atoms with E-state index in [1.165, 1.54) is 0 Å². The van der Waals surface area contributed by atoms with E-state index in [-0.39, 0.29) is 37.1 Å². The van der Waals surface area contributed by atoms with Crippen LogP contribution in [0.25, 0.3) is 0 Å². The quantitative estimate of drug-likeness (QED) is 0.539. The number of aromatic amines is 2. The fraction of sp³-hybridized carbons (Fsp3) is 0.304. The smallest absolute Gasteiger partial charge is 0.309 e. The first-order valence-corrected chi connectivity index (χ1v) is 9.73. The lowest BCUT2D eigenvalue weighted by molar-refractivity contribution is -0.145. The van der Waals surface area contributed by atoms with Crippen molar-refractivity contribution in [2.45, 2.75) is 39.2 Å². The number of ether oxygens (including phenoxy) is 2. The average Bonchev–Trinajstić information content (AvgIpc) is 3.09. The third-order valence-corrected chi connectivity index (χ3v) is 4.61. The van der Waals surface area contributed by atoms with Crippen molar-refractivity contribution in [2.24, 2.45) is 0 Å². The van der Waals surface area contributed by atoms with Crippen LogP contribution < -0.4 is 10.3 Å². The van der Waals surface area contributed by atoms with Gasteiger partial charge in [-0.05, 0) is 29.2 Å². The molecule has 1 aromatic heterocycles. The molecule has 0 saturated heterocycles. The largest absolute Gasteiger partial charge is 0.493 e. The topological polar surface area (TPSA) is 84.2 Å². The Hall–Kier alpha value is -3.28. The van der Waals surface area contributed by atoms with Crippen molar-refractivity contribution >= 4 is 5.97 Å². The molecule has 0 bridgehead atoms. The minimum absolute atomic E-state index is 0.0805. The molecule has 3 aromatic rings. The van der Waals surface area contributed by atoms with E-state index in [1.807, 2.05) is 68.4 Å². The molecule has 152 valence electrons. The Labute approximate surface area is 169 Å². The number of hydrogen-bond donors (Lipinski definition) is 2. The first-order valence-electron chi connectivity index (χ1n) is 9.73. The maximum Gasteiger partial charge on any atom is 0.309 e. The molecule has 6 heteroatoms. The fourth-order valence-electron chi connectivity index (χ4n) is 3.04. The summed E-state index contributed by atoms with van der Waals surface area (Å²) in [4.78, 5) is 23.8.